The molecule has 0 saturated heterocycles. The number of nitrogens with one attached hydrogen (secondary N) is 1. The van der Waals surface area contributed by atoms with Crippen molar-refractivity contribution in [2.75, 3.05) is 5.32 Å². The number of aryl methyl sites for hydroxylation is 2. The minimum absolute atomic E-state index is 0.179. The van der Waals surface area contributed by atoms with Crippen LogP contribution in [-0.2, 0) is 6.61 Å². The predicted molar refractivity (Wildman–Crippen MR) is 92.4 cm³/mol. The summed E-state index contributed by atoms with van der Waals surface area (Å²) in [5, 5.41) is 8.20. The van der Waals surface area contributed by atoms with E-state index in [2.05, 4.69) is 15.3 Å². The Morgan fingerprint density at radius 1 is 1.09 bits per heavy atom. The number of amides is 1. The van der Waals surface area contributed by atoms with Gasteiger partial charge in [0.05, 0.1) is 5.69 Å². The van der Waals surface area contributed by atoms with Crippen molar-refractivity contribution in [1.29, 1.82) is 0 Å². The Kier molecular flexibility index (Phi) is 4.68. The van der Waals surface area contributed by atoms with Gasteiger partial charge in [0.1, 0.15) is 17.4 Å². The lowest BCUT2D eigenvalue weighted by Gasteiger charge is -2.05. The van der Waals surface area contributed by atoms with Gasteiger partial charge in [0.25, 0.3) is 5.91 Å². The largest absolute Gasteiger partial charge is 0.486 e. The number of nitrogens with zero attached hydrogens (tertiary/aromatic N) is 2. The van der Waals surface area contributed by atoms with Crippen molar-refractivity contribution in [2.24, 2.45) is 0 Å². The van der Waals surface area contributed by atoms with Crippen LogP contribution in [0.4, 0.5) is 5.13 Å². The summed E-state index contributed by atoms with van der Waals surface area (Å²) in [6, 6.07) is 7.03. The molecule has 7 heteroatoms. The highest BCUT2D eigenvalue weighted by Gasteiger charge is 2.08. The quantitative estimate of drug-likeness (QED) is 0.758. The first-order valence-electron chi connectivity index (χ1n) is 6.97. The van der Waals surface area contributed by atoms with Crippen molar-refractivity contribution in [1.82, 2.24) is 9.97 Å². The molecule has 0 spiro atoms. The van der Waals surface area contributed by atoms with Gasteiger partial charge in [-0.2, -0.15) is 0 Å². The molecule has 0 aliphatic rings. The van der Waals surface area contributed by atoms with Gasteiger partial charge in [0.15, 0.2) is 5.13 Å². The van der Waals surface area contributed by atoms with Crippen LogP contribution >= 0.6 is 22.7 Å². The molecular weight excluding hydrogens is 330 g/mol. The van der Waals surface area contributed by atoms with E-state index in [9.17, 15) is 4.79 Å². The maximum absolute atomic E-state index is 12.1. The number of aromatic nitrogens is 2. The van der Waals surface area contributed by atoms with Crippen LogP contribution in [0.3, 0.4) is 0 Å². The summed E-state index contributed by atoms with van der Waals surface area (Å²) in [4.78, 5) is 20.7. The zero-order valence-electron chi connectivity index (χ0n) is 12.7. The summed E-state index contributed by atoms with van der Waals surface area (Å²) in [6.45, 7) is 4.28. The monoisotopic (exact) mass is 345 g/mol. The van der Waals surface area contributed by atoms with E-state index in [0.29, 0.717) is 23.1 Å². The van der Waals surface area contributed by atoms with Gasteiger partial charge < -0.3 is 4.74 Å². The molecule has 0 bridgehead atoms. The fraction of sp³-hybridized carbons (Fsp3) is 0.188. The lowest BCUT2D eigenvalue weighted by atomic mass is 10.2. The van der Waals surface area contributed by atoms with Crippen molar-refractivity contribution in [3.63, 3.8) is 0 Å². The standard InChI is InChI=1S/C16H15N3O2S2/c1-10-8-22-14(17-10)7-21-13-5-3-12(4-6-13)15(20)19-16-18-11(2)9-23-16/h3-6,8-9H,7H2,1-2H3,(H,18,19,20). The number of carbonyl (C=O) groups excluding carboxylic acids is 1. The first-order chi connectivity index (χ1) is 11.1. The molecule has 2 aromatic heterocycles. The van der Waals surface area contributed by atoms with Gasteiger partial charge in [-0.1, -0.05) is 0 Å². The Bertz CT molecular complexity index is 809. The summed E-state index contributed by atoms with van der Waals surface area (Å²) in [5.74, 6) is 0.529. The molecule has 0 aliphatic heterocycles. The van der Waals surface area contributed by atoms with Crippen molar-refractivity contribution >= 4 is 33.7 Å². The Morgan fingerprint density at radius 3 is 2.39 bits per heavy atom. The fourth-order valence-electron chi connectivity index (χ4n) is 1.90. The van der Waals surface area contributed by atoms with E-state index in [1.54, 1.807) is 35.6 Å². The van der Waals surface area contributed by atoms with Crippen LogP contribution in [0, 0.1) is 13.8 Å². The molecule has 23 heavy (non-hydrogen) atoms. The van der Waals surface area contributed by atoms with Gasteiger partial charge in [-0.05, 0) is 38.1 Å². The number of hydrogen-bond acceptors (Lipinski definition) is 6. The number of rotatable bonds is 5. The third-order valence-electron chi connectivity index (χ3n) is 2.98. The van der Waals surface area contributed by atoms with E-state index in [1.807, 2.05) is 24.6 Å². The number of anilines is 1. The van der Waals surface area contributed by atoms with Gasteiger partial charge >= 0.3 is 0 Å². The Balaban J connectivity index is 1.58. The van der Waals surface area contributed by atoms with Crippen molar-refractivity contribution < 1.29 is 9.53 Å². The summed E-state index contributed by atoms with van der Waals surface area (Å²) >= 11 is 2.98. The summed E-state index contributed by atoms with van der Waals surface area (Å²) in [5.41, 5.74) is 2.46. The number of carbonyl (C=O) groups is 1. The highest BCUT2D eigenvalue weighted by molar-refractivity contribution is 7.14. The van der Waals surface area contributed by atoms with Crippen molar-refractivity contribution in [3.05, 3.63) is 57.0 Å². The summed E-state index contributed by atoms with van der Waals surface area (Å²) in [6.07, 6.45) is 0. The van der Waals surface area contributed by atoms with Crippen LogP contribution in [-0.4, -0.2) is 15.9 Å². The second-order valence-electron chi connectivity index (χ2n) is 4.94. The van der Waals surface area contributed by atoms with Gasteiger partial charge in [-0.15, -0.1) is 22.7 Å². The molecular formula is C16H15N3O2S2. The zero-order valence-corrected chi connectivity index (χ0v) is 14.3. The van der Waals surface area contributed by atoms with E-state index in [1.165, 1.54) is 11.3 Å². The van der Waals surface area contributed by atoms with Crippen LogP contribution < -0.4 is 10.1 Å². The third-order valence-corrected chi connectivity index (χ3v) is 4.80. The average molecular weight is 345 g/mol. The molecule has 0 radical (unpaired) electrons. The van der Waals surface area contributed by atoms with Gasteiger partial charge in [-0.3, -0.25) is 10.1 Å². The molecule has 0 fully saturated rings. The highest BCUT2D eigenvalue weighted by atomic mass is 32.1. The molecule has 0 atom stereocenters. The zero-order chi connectivity index (χ0) is 16.2. The first kappa shape index (κ1) is 15.6. The van der Waals surface area contributed by atoms with E-state index >= 15 is 0 Å². The number of thiazole rings is 2. The molecule has 0 unspecified atom stereocenters. The third kappa shape index (κ3) is 4.14. The number of benzene rings is 1. The number of ether oxygens (including phenoxy) is 1. The molecule has 1 N–H and O–H groups in total. The molecule has 1 aromatic carbocycles. The smallest absolute Gasteiger partial charge is 0.257 e. The van der Waals surface area contributed by atoms with Gasteiger partial charge in [0, 0.05) is 22.0 Å². The van der Waals surface area contributed by atoms with Gasteiger partial charge in [0.2, 0.25) is 0 Å². The summed E-state index contributed by atoms with van der Waals surface area (Å²) in [7, 11) is 0. The molecule has 3 rings (SSSR count). The SMILES string of the molecule is Cc1csc(COc2ccc(C(=O)Nc3nc(C)cs3)cc2)n1. The normalized spacial score (nSPS) is 10.5. The topological polar surface area (TPSA) is 64.1 Å². The van der Waals surface area contributed by atoms with Crippen LogP contribution in [0.5, 0.6) is 5.75 Å². The minimum atomic E-state index is -0.179. The Morgan fingerprint density at radius 2 is 1.78 bits per heavy atom. The molecule has 2 heterocycles. The number of hydrogen-bond donors (Lipinski definition) is 1. The van der Waals surface area contributed by atoms with Crippen molar-refractivity contribution in [3.8, 4) is 5.75 Å². The first-order valence-corrected chi connectivity index (χ1v) is 8.73. The second kappa shape index (κ2) is 6.89. The molecule has 0 aliphatic carbocycles. The molecule has 118 valence electrons. The van der Waals surface area contributed by atoms with E-state index in [0.717, 1.165) is 16.4 Å². The Hall–Kier alpha value is -2.25. The van der Waals surface area contributed by atoms with Crippen LogP contribution in [0.25, 0.3) is 0 Å². The van der Waals surface area contributed by atoms with E-state index in [4.69, 9.17) is 4.74 Å². The lowest BCUT2D eigenvalue weighted by molar-refractivity contribution is 0.102. The minimum Gasteiger partial charge on any atom is -0.486 e. The van der Waals surface area contributed by atoms with Crippen LogP contribution in [0.2, 0.25) is 0 Å². The fourth-order valence-corrected chi connectivity index (χ4v) is 3.26. The molecule has 5 nitrogen and oxygen atoms in total. The molecule has 1 amide bonds. The molecule has 3 aromatic rings. The predicted octanol–water partition coefficient (Wildman–Crippen LogP) is 4.05. The van der Waals surface area contributed by atoms with Gasteiger partial charge in [-0.25, -0.2) is 9.97 Å². The van der Waals surface area contributed by atoms with Crippen molar-refractivity contribution in [2.45, 2.75) is 20.5 Å². The van der Waals surface area contributed by atoms with Crippen LogP contribution in [0.15, 0.2) is 35.0 Å². The maximum Gasteiger partial charge on any atom is 0.257 e. The molecule has 0 saturated carbocycles. The summed E-state index contributed by atoms with van der Waals surface area (Å²) < 4.78 is 5.67. The van der Waals surface area contributed by atoms with E-state index in [-0.39, 0.29) is 5.91 Å². The average Bonchev–Trinajstić information content (AvgIpc) is 3.14. The maximum atomic E-state index is 12.1. The van der Waals surface area contributed by atoms with E-state index < -0.39 is 0 Å². The Labute approximate surface area is 142 Å². The highest BCUT2D eigenvalue weighted by Crippen LogP contribution is 2.18. The van der Waals surface area contributed by atoms with Crippen LogP contribution in [0.1, 0.15) is 26.8 Å². The second-order valence-corrected chi connectivity index (χ2v) is 6.74. The lowest BCUT2D eigenvalue weighted by Crippen LogP contribution is -2.11.